The molecule has 3 aromatic carbocycles. The van der Waals surface area contributed by atoms with Crippen LogP contribution in [0.1, 0.15) is 81.0 Å². The summed E-state index contributed by atoms with van der Waals surface area (Å²) in [6.07, 6.45) is 2.24. The van der Waals surface area contributed by atoms with Gasteiger partial charge >= 0.3 is 0 Å². The lowest BCUT2D eigenvalue weighted by atomic mass is 9.49. The Morgan fingerprint density at radius 2 is 1.52 bits per heavy atom. The minimum atomic E-state index is -0.937. The van der Waals surface area contributed by atoms with Crippen LogP contribution in [0.2, 0.25) is 5.02 Å². The molecule has 2 N–H and O–H groups in total. The predicted molar refractivity (Wildman–Crippen MR) is 232 cm³/mol. The van der Waals surface area contributed by atoms with Gasteiger partial charge in [-0.05, 0) is 79.8 Å². The van der Waals surface area contributed by atoms with E-state index in [1.807, 2.05) is 36.4 Å². The first kappa shape index (κ1) is 41.8. The fraction of sp³-hybridized carbons (Fsp3) is 0.457. The van der Waals surface area contributed by atoms with Crippen molar-refractivity contribution in [2.75, 3.05) is 55.6 Å². The van der Waals surface area contributed by atoms with Crippen molar-refractivity contribution in [2.45, 2.75) is 71.6 Å². The van der Waals surface area contributed by atoms with E-state index in [9.17, 15) is 29.7 Å². The Kier molecular flexibility index (Phi) is 11.3. The van der Waals surface area contributed by atoms with Crippen molar-refractivity contribution in [3.63, 3.8) is 0 Å². The predicted octanol–water partition coefficient (Wildman–Crippen LogP) is 5.42. The van der Waals surface area contributed by atoms with Crippen molar-refractivity contribution in [1.29, 1.82) is 10.5 Å². The van der Waals surface area contributed by atoms with Crippen LogP contribution in [0.3, 0.4) is 0 Å². The minimum absolute atomic E-state index is 0.0689. The Balaban J connectivity index is 0.809. The molecule has 0 spiro atoms. The van der Waals surface area contributed by atoms with Crippen LogP contribution in [0, 0.1) is 39.4 Å². The summed E-state index contributed by atoms with van der Waals surface area (Å²) in [6, 6.07) is 21.6. The number of aromatic nitrogens is 2. The molecule has 3 aliphatic heterocycles. The van der Waals surface area contributed by atoms with Crippen LogP contribution >= 0.6 is 11.6 Å². The summed E-state index contributed by atoms with van der Waals surface area (Å²) in [5.41, 5.74) is 1.95. The molecule has 0 radical (unpaired) electrons. The number of imide groups is 1. The number of nitrogens with zero attached hydrogens (tertiary/aromatic N) is 7. The lowest BCUT2D eigenvalue weighted by molar-refractivity contribution is -0.164. The summed E-state index contributed by atoms with van der Waals surface area (Å²) in [5.74, 6) is 0.0955. The van der Waals surface area contributed by atoms with E-state index >= 15 is 0 Å². The maximum Gasteiger partial charge on any atom is 0.275 e. The Morgan fingerprint density at radius 3 is 2.16 bits per heavy atom. The van der Waals surface area contributed by atoms with Gasteiger partial charge in [0, 0.05) is 97.5 Å². The van der Waals surface area contributed by atoms with Gasteiger partial charge in [-0.25, -0.2) is 4.68 Å². The van der Waals surface area contributed by atoms with E-state index in [2.05, 4.69) is 70.3 Å². The number of piperazine rings is 1. The molecule has 4 heterocycles. The van der Waals surface area contributed by atoms with Crippen molar-refractivity contribution in [3.05, 3.63) is 92.9 Å². The molecule has 1 aromatic heterocycles. The zero-order valence-electron chi connectivity index (χ0n) is 34.9. The van der Waals surface area contributed by atoms with Crippen molar-refractivity contribution >= 4 is 51.5 Å². The highest BCUT2D eigenvalue weighted by molar-refractivity contribution is 6.31. The van der Waals surface area contributed by atoms with Crippen molar-refractivity contribution in [3.8, 4) is 17.9 Å². The van der Waals surface area contributed by atoms with E-state index in [0.717, 1.165) is 74.7 Å². The van der Waals surface area contributed by atoms with E-state index in [4.69, 9.17) is 16.3 Å². The van der Waals surface area contributed by atoms with Gasteiger partial charge in [0.15, 0.2) is 5.69 Å². The van der Waals surface area contributed by atoms with E-state index in [1.165, 1.54) is 0 Å². The Morgan fingerprint density at radius 1 is 0.852 bits per heavy atom. The molecule has 316 valence electrons. The number of fused-ring (bicyclic) bond motifs is 1. The van der Waals surface area contributed by atoms with Crippen LogP contribution < -0.4 is 30.7 Å². The first-order chi connectivity index (χ1) is 29.2. The van der Waals surface area contributed by atoms with Crippen LogP contribution in [-0.4, -0.2) is 90.4 Å². The minimum Gasteiger partial charge on any atom is -0.489 e. The average molecular weight is 844 g/mol. The number of piperidine rings is 2. The average Bonchev–Trinajstić information content (AvgIpc) is 3.25. The molecule has 3 amide bonds. The third-order valence-corrected chi connectivity index (χ3v) is 13.6. The highest BCUT2D eigenvalue weighted by Crippen LogP contribution is 2.55. The molecule has 1 saturated carbocycles. The molecule has 0 unspecified atom stereocenters. The topological polar surface area (TPSA) is 177 Å². The quantitative estimate of drug-likeness (QED) is 0.206. The molecular weight excluding hydrogens is 794 g/mol. The van der Waals surface area contributed by atoms with Gasteiger partial charge in [0.25, 0.3) is 17.4 Å². The van der Waals surface area contributed by atoms with Crippen molar-refractivity contribution in [1.82, 2.24) is 25.3 Å². The largest absolute Gasteiger partial charge is 0.489 e. The number of amides is 3. The lowest BCUT2D eigenvalue weighted by Gasteiger charge is -2.63. The highest BCUT2D eigenvalue weighted by atomic mass is 35.5. The second-order valence-corrected chi connectivity index (χ2v) is 18.4. The summed E-state index contributed by atoms with van der Waals surface area (Å²) in [7, 11) is 0. The maximum atomic E-state index is 13.5. The molecule has 15 heteroatoms. The zero-order valence-corrected chi connectivity index (χ0v) is 35.7. The number of carbonyl (C=O) groups is 3. The van der Waals surface area contributed by atoms with Gasteiger partial charge in [-0.15, -0.1) is 0 Å². The molecule has 0 bridgehead atoms. The molecule has 3 saturated heterocycles. The third-order valence-electron chi connectivity index (χ3n) is 13.3. The Labute approximate surface area is 360 Å². The van der Waals surface area contributed by atoms with Crippen LogP contribution in [0.25, 0.3) is 10.8 Å². The normalized spacial score (nSPS) is 22.8. The first-order valence-electron chi connectivity index (χ1n) is 21.0. The second kappa shape index (κ2) is 16.5. The Hall–Kier alpha value is -5.96. The smallest absolute Gasteiger partial charge is 0.275 e. The number of ether oxygens (including phenoxy) is 1. The molecule has 14 nitrogen and oxygen atoms in total. The van der Waals surface area contributed by atoms with E-state index in [-0.39, 0.29) is 53.3 Å². The highest BCUT2D eigenvalue weighted by Gasteiger charge is 2.64. The second-order valence-electron chi connectivity index (χ2n) is 18.0. The van der Waals surface area contributed by atoms with E-state index in [1.54, 1.807) is 24.3 Å². The van der Waals surface area contributed by atoms with Gasteiger partial charge in [0.1, 0.15) is 30.0 Å². The number of hydrogen-bond acceptors (Lipinski definition) is 11. The summed E-state index contributed by atoms with van der Waals surface area (Å²) in [5, 5.41) is 30.1. The molecule has 8 rings (SSSR count). The summed E-state index contributed by atoms with van der Waals surface area (Å²) < 4.78 is 7.43. The van der Waals surface area contributed by atoms with Gasteiger partial charge in [-0.3, -0.25) is 29.4 Å². The van der Waals surface area contributed by atoms with E-state index < -0.39 is 17.5 Å². The molecule has 1 atom stereocenters. The fourth-order valence-corrected chi connectivity index (χ4v) is 10.4. The molecule has 4 aromatic rings. The number of anilines is 2. The van der Waals surface area contributed by atoms with Crippen molar-refractivity contribution < 1.29 is 19.1 Å². The van der Waals surface area contributed by atoms with Gasteiger partial charge in [-0.1, -0.05) is 39.3 Å². The van der Waals surface area contributed by atoms with E-state index in [0.29, 0.717) is 38.6 Å². The molecule has 4 aliphatic rings. The lowest BCUT2D eigenvalue weighted by Crippen LogP contribution is -2.74. The molecule has 61 heavy (non-hydrogen) atoms. The van der Waals surface area contributed by atoms with Crippen molar-refractivity contribution in [2.24, 2.45) is 16.7 Å². The Bertz CT molecular complexity index is 2510. The SMILES string of the molecule is CC1(C)[C@H](NC(=O)c2ccc(N3CCC(CN4CCN(c5ccc6c(=O)n([C@@H]7CCC(=O)NC7=O)nc(C#N)c6c5)CC4)CC3)cc2)C(C)(C)[C@H]1Oc1ccc(C#N)c(Cl)c1. The summed E-state index contributed by atoms with van der Waals surface area (Å²) >= 11 is 6.26. The van der Waals surface area contributed by atoms with Crippen LogP contribution in [0.15, 0.2) is 65.5 Å². The number of carbonyl (C=O) groups excluding carboxylic acids is 3. The van der Waals surface area contributed by atoms with Gasteiger partial charge in [-0.2, -0.15) is 15.6 Å². The van der Waals surface area contributed by atoms with Crippen LogP contribution in [0.5, 0.6) is 5.75 Å². The molecular formula is C46H50ClN9O5. The van der Waals surface area contributed by atoms with Gasteiger partial charge in [0.2, 0.25) is 5.91 Å². The zero-order chi connectivity index (χ0) is 43.2. The van der Waals surface area contributed by atoms with Gasteiger partial charge in [0.05, 0.1) is 16.0 Å². The van der Waals surface area contributed by atoms with Crippen LogP contribution in [0.4, 0.5) is 11.4 Å². The third kappa shape index (κ3) is 8.03. The number of halogens is 1. The monoisotopic (exact) mass is 843 g/mol. The number of nitrogens with one attached hydrogen (secondary N) is 2. The standard InChI is InChI=1S/C46H50ClN9O5/c1-45(2)43(46(3,4)44(45)61-33-11-7-30(25-48)36(47)24-33)51-40(58)29-5-8-31(9-6-29)54-17-15-28(16-18-54)27-53-19-21-55(22-20-53)32-10-12-34-35(23-32)37(26-49)52-56(42(34)60)38-13-14-39(57)50-41(38)59/h5-12,23-24,28,38,43-44H,13-22,27H2,1-4H3,(H,51,58)(H,50,57,59)/t38-,43-,44-/m1/s1. The molecule has 4 fully saturated rings. The number of rotatable bonds is 9. The summed E-state index contributed by atoms with van der Waals surface area (Å²) in [4.78, 5) is 58.2. The number of hydrogen-bond donors (Lipinski definition) is 2. The number of benzene rings is 3. The fourth-order valence-electron chi connectivity index (χ4n) is 10.2. The van der Waals surface area contributed by atoms with Gasteiger partial charge < -0.3 is 19.9 Å². The first-order valence-corrected chi connectivity index (χ1v) is 21.4. The van der Waals surface area contributed by atoms with Crippen LogP contribution in [-0.2, 0) is 9.59 Å². The summed E-state index contributed by atoms with van der Waals surface area (Å²) in [6.45, 7) is 14.7. The number of nitriles is 2. The maximum absolute atomic E-state index is 13.5. The molecule has 1 aliphatic carbocycles.